The lowest BCUT2D eigenvalue weighted by molar-refractivity contribution is -0.139. The van der Waals surface area contributed by atoms with Gasteiger partial charge in [0.1, 0.15) is 11.5 Å². The number of methoxy groups -OCH3 is 2. The van der Waals surface area contributed by atoms with Crippen LogP contribution in [0.2, 0.25) is 0 Å². The predicted molar refractivity (Wildman–Crippen MR) is 139 cm³/mol. The maximum absolute atomic E-state index is 13.2. The number of nitriles is 1. The summed E-state index contributed by atoms with van der Waals surface area (Å²) in [5, 5.41) is 10.2. The fraction of sp³-hybridized carbons (Fsp3) is 0.185. The minimum absolute atomic E-state index is 0.0301. The topological polar surface area (TPSA) is 132 Å². The lowest BCUT2D eigenvalue weighted by Crippen LogP contribution is -2.41. The molecule has 0 bridgehead atoms. The van der Waals surface area contributed by atoms with Gasteiger partial charge in [-0.25, -0.2) is 14.4 Å². The summed E-state index contributed by atoms with van der Waals surface area (Å²) in [6.45, 7) is 1.88. The van der Waals surface area contributed by atoms with E-state index < -0.39 is 23.8 Å². The third-order valence-electron chi connectivity index (χ3n) is 5.53. The fourth-order valence-electron chi connectivity index (χ4n) is 3.97. The molecule has 190 valence electrons. The lowest BCUT2D eigenvalue weighted by atomic mass is 9.80. The van der Waals surface area contributed by atoms with E-state index in [-0.39, 0.29) is 29.3 Å². The number of ether oxygens (including phenoxy) is 3. The van der Waals surface area contributed by atoms with Crippen LogP contribution >= 0.6 is 15.9 Å². The summed E-state index contributed by atoms with van der Waals surface area (Å²) in [5.74, 6) is -3.35. The lowest BCUT2D eigenvalue weighted by Gasteiger charge is -2.36. The Morgan fingerprint density at radius 3 is 2.38 bits per heavy atom. The highest BCUT2D eigenvalue weighted by Gasteiger charge is 2.43. The Labute approximate surface area is 222 Å². The number of hydrogen-bond acceptors (Lipinski definition) is 9. The zero-order valence-corrected chi connectivity index (χ0v) is 21.9. The van der Waals surface area contributed by atoms with Crippen molar-refractivity contribution < 1.29 is 28.6 Å². The van der Waals surface area contributed by atoms with E-state index in [0.29, 0.717) is 21.3 Å². The van der Waals surface area contributed by atoms with Crippen molar-refractivity contribution in [1.29, 1.82) is 5.26 Å². The molecule has 0 fully saturated rings. The summed E-state index contributed by atoms with van der Waals surface area (Å²) < 4.78 is 15.7. The second kappa shape index (κ2) is 12.1. The van der Waals surface area contributed by atoms with Crippen LogP contribution in [-0.2, 0) is 28.6 Å². The standard InChI is InChI=1S/C27H24BrN3O6/c1-4-37-21(32)13-10-17-14-18(28)11-12-20(17)31-24(27(34)36-3)23(26(33)35-2)22(19(15-29)25(31)30)16-8-6-5-7-9-16/h5-14,22H,4,30H2,1-3H3. The number of anilines is 1. The largest absolute Gasteiger partial charge is 0.466 e. The predicted octanol–water partition coefficient (Wildman–Crippen LogP) is 3.92. The Hall–Kier alpha value is -4.36. The number of allylic oxidation sites excluding steroid dienone is 1. The van der Waals surface area contributed by atoms with Gasteiger partial charge in [-0.05, 0) is 42.3 Å². The summed E-state index contributed by atoms with van der Waals surface area (Å²) in [5.41, 5.74) is 7.55. The van der Waals surface area contributed by atoms with E-state index in [4.69, 9.17) is 19.9 Å². The molecule has 10 heteroatoms. The quantitative estimate of drug-likeness (QED) is 0.301. The molecule has 0 amide bonds. The van der Waals surface area contributed by atoms with Crippen LogP contribution in [0.25, 0.3) is 6.08 Å². The molecule has 2 aromatic rings. The van der Waals surface area contributed by atoms with Crippen LogP contribution in [-0.4, -0.2) is 38.7 Å². The normalized spacial score (nSPS) is 15.4. The van der Waals surface area contributed by atoms with Gasteiger partial charge in [0.2, 0.25) is 0 Å². The van der Waals surface area contributed by atoms with E-state index in [0.717, 1.165) is 0 Å². The van der Waals surface area contributed by atoms with Gasteiger partial charge in [0, 0.05) is 10.5 Å². The summed E-state index contributed by atoms with van der Waals surface area (Å²) in [6.07, 6.45) is 2.70. The Morgan fingerprint density at radius 1 is 1.11 bits per heavy atom. The molecule has 37 heavy (non-hydrogen) atoms. The molecule has 0 saturated heterocycles. The van der Waals surface area contributed by atoms with Crippen LogP contribution in [0.15, 0.2) is 81.7 Å². The molecule has 9 nitrogen and oxygen atoms in total. The number of hydrogen-bond donors (Lipinski definition) is 1. The maximum Gasteiger partial charge on any atom is 0.355 e. The molecular formula is C27H24BrN3O6. The molecule has 1 atom stereocenters. The number of benzene rings is 2. The molecule has 3 rings (SSSR count). The van der Waals surface area contributed by atoms with Crippen molar-refractivity contribution in [2.24, 2.45) is 5.73 Å². The van der Waals surface area contributed by atoms with Gasteiger partial charge in [0.15, 0.2) is 0 Å². The van der Waals surface area contributed by atoms with E-state index in [2.05, 4.69) is 22.0 Å². The van der Waals surface area contributed by atoms with Crippen LogP contribution in [0.3, 0.4) is 0 Å². The Kier molecular flexibility index (Phi) is 8.87. The monoisotopic (exact) mass is 565 g/mol. The second-order valence-electron chi connectivity index (χ2n) is 7.62. The molecule has 0 aliphatic carbocycles. The minimum atomic E-state index is -0.988. The van der Waals surface area contributed by atoms with Crippen LogP contribution in [0.4, 0.5) is 5.69 Å². The average molecular weight is 566 g/mol. The van der Waals surface area contributed by atoms with E-state index >= 15 is 0 Å². The van der Waals surface area contributed by atoms with E-state index in [1.54, 1.807) is 55.5 Å². The van der Waals surface area contributed by atoms with Crippen molar-refractivity contribution in [3.05, 3.63) is 92.9 Å². The highest BCUT2D eigenvalue weighted by Crippen LogP contribution is 2.44. The number of carbonyl (C=O) groups is 3. The van der Waals surface area contributed by atoms with Crippen molar-refractivity contribution in [2.45, 2.75) is 12.8 Å². The smallest absolute Gasteiger partial charge is 0.355 e. The molecule has 0 radical (unpaired) electrons. The van der Waals surface area contributed by atoms with Gasteiger partial charge >= 0.3 is 17.9 Å². The zero-order chi connectivity index (χ0) is 27.1. The summed E-state index contributed by atoms with van der Waals surface area (Å²) in [6, 6.07) is 15.8. The minimum Gasteiger partial charge on any atom is -0.466 e. The molecule has 0 spiro atoms. The zero-order valence-electron chi connectivity index (χ0n) is 20.4. The van der Waals surface area contributed by atoms with Gasteiger partial charge in [-0.3, -0.25) is 4.90 Å². The second-order valence-corrected chi connectivity index (χ2v) is 8.54. The van der Waals surface area contributed by atoms with Crippen molar-refractivity contribution in [3.63, 3.8) is 0 Å². The number of esters is 3. The van der Waals surface area contributed by atoms with E-state index in [9.17, 15) is 19.6 Å². The third kappa shape index (κ3) is 5.57. The molecule has 1 unspecified atom stereocenters. The van der Waals surface area contributed by atoms with E-state index in [1.807, 2.05) is 0 Å². The van der Waals surface area contributed by atoms with Gasteiger partial charge in [-0.1, -0.05) is 46.3 Å². The van der Waals surface area contributed by atoms with Crippen molar-refractivity contribution >= 4 is 45.6 Å². The first-order valence-electron chi connectivity index (χ1n) is 11.1. The van der Waals surface area contributed by atoms with Crippen LogP contribution < -0.4 is 10.6 Å². The van der Waals surface area contributed by atoms with Crippen molar-refractivity contribution in [3.8, 4) is 6.07 Å². The molecule has 1 heterocycles. The molecule has 2 aromatic carbocycles. The third-order valence-corrected chi connectivity index (χ3v) is 6.02. The summed E-state index contributed by atoms with van der Waals surface area (Å²) >= 11 is 3.40. The van der Waals surface area contributed by atoms with Crippen LogP contribution in [0.5, 0.6) is 0 Å². The molecule has 1 aliphatic heterocycles. The maximum atomic E-state index is 13.2. The number of carbonyl (C=O) groups excluding carboxylic acids is 3. The van der Waals surface area contributed by atoms with Crippen LogP contribution in [0, 0.1) is 11.3 Å². The first-order valence-corrected chi connectivity index (χ1v) is 11.9. The number of rotatable bonds is 7. The molecular weight excluding hydrogens is 542 g/mol. The van der Waals surface area contributed by atoms with Crippen molar-refractivity contribution in [2.75, 3.05) is 25.7 Å². The average Bonchev–Trinajstić information content (AvgIpc) is 2.91. The van der Waals surface area contributed by atoms with Crippen LogP contribution in [0.1, 0.15) is 24.0 Å². The number of nitrogens with two attached hydrogens (primary N) is 1. The SMILES string of the molecule is CCOC(=O)C=Cc1cc(Br)ccc1N1C(N)=C(C#N)C(c2ccccc2)C(C(=O)OC)=C1C(=O)OC. The number of nitrogens with zero attached hydrogens (tertiary/aromatic N) is 2. The Morgan fingerprint density at radius 2 is 1.78 bits per heavy atom. The highest BCUT2D eigenvalue weighted by molar-refractivity contribution is 9.10. The van der Waals surface area contributed by atoms with Gasteiger partial charge in [0.25, 0.3) is 0 Å². The fourth-order valence-corrected chi connectivity index (χ4v) is 4.35. The first kappa shape index (κ1) is 27.2. The Bertz CT molecular complexity index is 1360. The molecule has 0 saturated carbocycles. The molecule has 1 aliphatic rings. The summed E-state index contributed by atoms with van der Waals surface area (Å²) in [4.78, 5) is 39.7. The molecule has 2 N–H and O–H groups in total. The van der Waals surface area contributed by atoms with E-state index in [1.165, 1.54) is 31.3 Å². The highest BCUT2D eigenvalue weighted by atomic mass is 79.9. The number of halogens is 1. The van der Waals surface area contributed by atoms with Gasteiger partial charge in [-0.15, -0.1) is 0 Å². The van der Waals surface area contributed by atoms with Crippen molar-refractivity contribution in [1.82, 2.24) is 0 Å². The van der Waals surface area contributed by atoms with Gasteiger partial charge in [0.05, 0.1) is 49.6 Å². The van der Waals surface area contributed by atoms with Gasteiger partial charge in [-0.2, -0.15) is 5.26 Å². The first-order chi connectivity index (χ1) is 17.8. The van der Waals surface area contributed by atoms with Gasteiger partial charge < -0.3 is 19.9 Å². The summed E-state index contributed by atoms with van der Waals surface area (Å²) in [7, 11) is 2.35. The Balaban J connectivity index is 2.39. The molecule has 0 aromatic heterocycles.